The highest BCUT2D eigenvalue weighted by molar-refractivity contribution is 5.77. The summed E-state index contributed by atoms with van der Waals surface area (Å²) in [7, 11) is 0. The summed E-state index contributed by atoms with van der Waals surface area (Å²) in [5.74, 6) is -4.21. The third-order valence-corrected chi connectivity index (χ3v) is 4.74. The molecule has 0 saturated heterocycles. The third kappa shape index (κ3) is 5.53. The van der Waals surface area contributed by atoms with Gasteiger partial charge < -0.3 is 5.11 Å². The summed E-state index contributed by atoms with van der Waals surface area (Å²) >= 11 is 0. The monoisotopic (exact) mass is 340 g/mol. The summed E-state index contributed by atoms with van der Waals surface area (Å²) in [5.41, 5.74) is 2.65. The predicted molar refractivity (Wildman–Crippen MR) is 85.4 cm³/mol. The molecule has 133 valence electrons. The topological polar surface area (TPSA) is 69.6 Å². The number of aliphatic hydroxyl groups excluding tert-OH is 1. The highest BCUT2D eigenvalue weighted by Gasteiger charge is 2.40. The Balaban J connectivity index is 1.89. The maximum Gasteiger partial charge on any atom is 0.248 e. The molecule has 1 aliphatic rings. The molecule has 1 aromatic rings. The number of benzene rings is 1. The van der Waals surface area contributed by atoms with Gasteiger partial charge in [-0.05, 0) is 43.6 Å². The second kappa shape index (κ2) is 8.53. The molecule has 2 rings (SSSR count). The number of aliphatic hydroxyl groups is 1. The van der Waals surface area contributed by atoms with Crippen LogP contribution in [-0.2, 0) is 11.2 Å². The van der Waals surface area contributed by atoms with Crippen LogP contribution in [0.1, 0.15) is 37.7 Å². The first kappa shape index (κ1) is 18.8. The van der Waals surface area contributed by atoms with Crippen molar-refractivity contribution in [3.8, 4) is 0 Å². The molecule has 3 N–H and O–H groups in total. The van der Waals surface area contributed by atoms with Crippen LogP contribution in [0.25, 0.3) is 0 Å². The molecule has 6 heteroatoms. The molecule has 4 nitrogen and oxygen atoms in total. The van der Waals surface area contributed by atoms with Crippen LogP contribution in [0.2, 0.25) is 0 Å². The Morgan fingerprint density at radius 3 is 2.50 bits per heavy atom. The molecule has 1 aromatic carbocycles. The van der Waals surface area contributed by atoms with E-state index in [1.54, 1.807) is 11.9 Å². The van der Waals surface area contributed by atoms with Crippen LogP contribution in [0.15, 0.2) is 30.3 Å². The number of carbonyl (C=O) groups is 1. The van der Waals surface area contributed by atoms with Gasteiger partial charge in [-0.1, -0.05) is 30.3 Å². The molecular formula is C18H24F2NO3. The Kier molecular flexibility index (Phi) is 6.69. The van der Waals surface area contributed by atoms with Gasteiger partial charge in [0.25, 0.3) is 0 Å². The summed E-state index contributed by atoms with van der Waals surface area (Å²) in [4.78, 5) is 11.9. The molecular weight excluding hydrogens is 316 g/mol. The fourth-order valence-electron chi connectivity index (χ4n) is 3.30. The van der Waals surface area contributed by atoms with E-state index in [1.165, 1.54) is 0 Å². The normalized spacial score (nSPS) is 20.3. The number of rotatable bonds is 7. The maximum atomic E-state index is 13.3. The number of nitrogens with one attached hydrogen (secondary N) is 1. The van der Waals surface area contributed by atoms with Gasteiger partial charge in [0.15, 0.2) is 0 Å². The second-order valence-electron chi connectivity index (χ2n) is 6.50. The zero-order valence-corrected chi connectivity index (χ0v) is 13.5. The van der Waals surface area contributed by atoms with E-state index in [0.29, 0.717) is 6.42 Å². The van der Waals surface area contributed by atoms with Crippen molar-refractivity contribution in [2.75, 3.05) is 0 Å². The Hall–Kier alpha value is -1.53. The van der Waals surface area contributed by atoms with Crippen LogP contribution in [0, 0.1) is 18.3 Å². The summed E-state index contributed by atoms with van der Waals surface area (Å²) in [6, 6.07) is 9.58. The zero-order chi connectivity index (χ0) is 17.6. The summed E-state index contributed by atoms with van der Waals surface area (Å²) in [6.07, 6.45) is 1.47. The van der Waals surface area contributed by atoms with Crippen LogP contribution >= 0.6 is 0 Å². The van der Waals surface area contributed by atoms with Crippen LogP contribution in [0.5, 0.6) is 0 Å². The van der Waals surface area contributed by atoms with Crippen molar-refractivity contribution in [3.63, 3.8) is 0 Å². The summed E-state index contributed by atoms with van der Waals surface area (Å²) < 4.78 is 26.6. The number of halogens is 2. The van der Waals surface area contributed by atoms with Gasteiger partial charge in [-0.25, -0.2) is 14.3 Å². The van der Waals surface area contributed by atoms with E-state index in [-0.39, 0.29) is 38.0 Å². The van der Waals surface area contributed by atoms with Crippen molar-refractivity contribution < 1.29 is 23.9 Å². The van der Waals surface area contributed by atoms with Crippen LogP contribution in [0.3, 0.4) is 0 Å². The van der Waals surface area contributed by atoms with Gasteiger partial charge in [-0.2, -0.15) is 0 Å². The van der Waals surface area contributed by atoms with E-state index in [4.69, 9.17) is 5.21 Å². The molecule has 1 aliphatic carbocycles. The second-order valence-corrected chi connectivity index (χ2v) is 6.50. The van der Waals surface area contributed by atoms with E-state index < -0.39 is 23.9 Å². The molecule has 0 bridgehead atoms. The lowest BCUT2D eigenvalue weighted by Gasteiger charge is -2.33. The Bertz CT molecular complexity index is 514. The minimum absolute atomic E-state index is 0.121. The van der Waals surface area contributed by atoms with Gasteiger partial charge in [-0.15, -0.1) is 0 Å². The highest BCUT2D eigenvalue weighted by Crippen LogP contribution is 2.40. The first-order valence-corrected chi connectivity index (χ1v) is 8.28. The van der Waals surface area contributed by atoms with Crippen molar-refractivity contribution in [1.82, 2.24) is 5.48 Å². The van der Waals surface area contributed by atoms with Gasteiger partial charge in [0, 0.05) is 18.8 Å². The van der Waals surface area contributed by atoms with E-state index in [9.17, 15) is 18.7 Å². The predicted octanol–water partition coefficient (Wildman–Crippen LogP) is 3.13. The fraction of sp³-hybridized carbons (Fsp3) is 0.556. The Morgan fingerprint density at radius 2 is 1.92 bits per heavy atom. The van der Waals surface area contributed by atoms with Crippen molar-refractivity contribution in [2.24, 2.45) is 11.8 Å². The van der Waals surface area contributed by atoms with Crippen molar-refractivity contribution in [3.05, 3.63) is 42.3 Å². The van der Waals surface area contributed by atoms with E-state index in [0.717, 1.165) is 5.56 Å². The number of hydroxylamine groups is 1. The Morgan fingerprint density at radius 1 is 1.29 bits per heavy atom. The molecule has 2 unspecified atom stereocenters. The van der Waals surface area contributed by atoms with Gasteiger partial charge in [0.1, 0.15) is 0 Å². The van der Waals surface area contributed by atoms with Gasteiger partial charge in [-0.3, -0.25) is 10.0 Å². The van der Waals surface area contributed by atoms with Crippen molar-refractivity contribution in [2.45, 2.75) is 50.6 Å². The lowest BCUT2D eigenvalue weighted by Crippen LogP contribution is -2.38. The molecule has 0 spiro atoms. The number of hydrogen-bond donors (Lipinski definition) is 3. The average Bonchev–Trinajstić information content (AvgIpc) is 2.58. The fourth-order valence-corrected chi connectivity index (χ4v) is 3.30. The summed E-state index contributed by atoms with van der Waals surface area (Å²) in [5, 5.41) is 19.1. The molecule has 24 heavy (non-hydrogen) atoms. The molecule has 0 aliphatic heterocycles. The standard InChI is InChI=1S/C18H24F2NO3/c19-18(20)10-8-14(9-11-18)16(17(23)21-24)12-15(22)7-6-13-4-2-1-3-5-13/h1-5,7,14-16,22,24H,6,8-12H2,(H,21,23). The molecule has 1 fully saturated rings. The SMILES string of the molecule is O=C(NO)C(CC(O)[CH]Cc1ccccc1)C1CCC(F)(F)CC1. The van der Waals surface area contributed by atoms with Crippen LogP contribution in [0.4, 0.5) is 8.78 Å². The van der Waals surface area contributed by atoms with Crippen molar-refractivity contribution >= 4 is 5.91 Å². The summed E-state index contributed by atoms with van der Waals surface area (Å²) in [6.45, 7) is 0. The van der Waals surface area contributed by atoms with E-state index in [2.05, 4.69) is 0 Å². The molecule has 1 radical (unpaired) electrons. The molecule has 1 amide bonds. The zero-order valence-electron chi connectivity index (χ0n) is 13.5. The van der Waals surface area contributed by atoms with Crippen LogP contribution < -0.4 is 5.48 Å². The van der Waals surface area contributed by atoms with Gasteiger partial charge in [0.05, 0.1) is 6.10 Å². The first-order chi connectivity index (χ1) is 11.4. The van der Waals surface area contributed by atoms with Gasteiger partial charge in [0.2, 0.25) is 11.8 Å². The smallest absolute Gasteiger partial charge is 0.248 e. The van der Waals surface area contributed by atoms with E-state index >= 15 is 0 Å². The lowest BCUT2D eigenvalue weighted by atomic mass is 9.75. The van der Waals surface area contributed by atoms with Crippen LogP contribution in [-0.4, -0.2) is 28.2 Å². The molecule has 1 saturated carbocycles. The number of hydrogen-bond acceptors (Lipinski definition) is 3. The minimum atomic E-state index is -2.67. The highest BCUT2D eigenvalue weighted by atomic mass is 19.3. The van der Waals surface area contributed by atoms with E-state index in [1.807, 2.05) is 30.3 Å². The minimum Gasteiger partial charge on any atom is -0.393 e. The number of carbonyl (C=O) groups excluding carboxylic acids is 1. The number of alkyl halides is 2. The lowest BCUT2D eigenvalue weighted by molar-refractivity contribution is -0.138. The first-order valence-electron chi connectivity index (χ1n) is 8.28. The maximum absolute atomic E-state index is 13.3. The third-order valence-electron chi connectivity index (χ3n) is 4.74. The quantitative estimate of drug-likeness (QED) is 0.528. The Labute approximate surface area is 140 Å². The largest absolute Gasteiger partial charge is 0.393 e. The molecule has 2 atom stereocenters. The van der Waals surface area contributed by atoms with Crippen molar-refractivity contribution in [1.29, 1.82) is 0 Å². The molecule has 0 aromatic heterocycles. The molecule has 0 heterocycles. The average molecular weight is 340 g/mol. The van der Waals surface area contributed by atoms with Gasteiger partial charge >= 0.3 is 0 Å². The number of amides is 1.